The third-order valence-electron chi connectivity index (χ3n) is 5.11. The number of nitrogens with zero attached hydrogens (tertiary/aromatic N) is 2. The summed E-state index contributed by atoms with van der Waals surface area (Å²) >= 11 is 0. The van der Waals surface area contributed by atoms with Gasteiger partial charge in [0.2, 0.25) is 0 Å². The van der Waals surface area contributed by atoms with Gasteiger partial charge < -0.3 is 25.6 Å². The summed E-state index contributed by atoms with van der Waals surface area (Å²) in [6.45, 7) is 0. The van der Waals surface area contributed by atoms with Crippen LogP contribution in [0.2, 0.25) is 0 Å². The Balaban J connectivity index is 1.92. The van der Waals surface area contributed by atoms with Crippen molar-refractivity contribution in [2.75, 3.05) is 5.32 Å². The van der Waals surface area contributed by atoms with Crippen molar-refractivity contribution in [3.05, 3.63) is 74.5 Å². The molecule has 1 aromatic heterocycles. The molecule has 0 saturated heterocycles. The van der Waals surface area contributed by atoms with Gasteiger partial charge in [-0.25, -0.2) is 9.59 Å². The number of benzene rings is 2. The van der Waals surface area contributed by atoms with Gasteiger partial charge in [0.25, 0.3) is 11.4 Å². The largest absolute Gasteiger partial charge is 0.480 e. The average Bonchev–Trinajstić information content (AvgIpc) is 3.15. The Morgan fingerprint density at radius 1 is 1.09 bits per heavy atom. The second-order valence-electron chi connectivity index (χ2n) is 7.33. The fourth-order valence-corrected chi connectivity index (χ4v) is 3.46. The van der Waals surface area contributed by atoms with Crippen LogP contribution in [0.3, 0.4) is 0 Å². The van der Waals surface area contributed by atoms with Gasteiger partial charge in [0, 0.05) is 36.0 Å². The predicted molar refractivity (Wildman–Crippen MR) is 114 cm³/mol. The molecule has 33 heavy (non-hydrogen) atoms. The zero-order valence-corrected chi connectivity index (χ0v) is 16.8. The fraction of sp³-hybridized carbons (Fsp3) is 0.200. The second-order valence-corrected chi connectivity index (χ2v) is 7.33. The second kappa shape index (κ2) is 8.92. The summed E-state index contributed by atoms with van der Waals surface area (Å²) < 4.78 is 0. The van der Waals surface area contributed by atoms with E-state index in [2.05, 4.69) is 10.3 Å². The number of carboxylic acids is 2. The minimum absolute atomic E-state index is 0.377. The van der Waals surface area contributed by atoms with Crippen molar-refractivity contribution in [3.63, 3.8) is 0 Å². The molecule has 0 unspecified atom stereocenters. The minimum atomic E-state index is -2.55. The van der Waals surface area contributed by atoms with E-state index in [1.807, 2.05) is 0 Å². The highest BCUT2D eigenvalue weighted by Gasteiger charge is 2.42. The highest BCUT2D eigenvalue weighted by molar-refractivity contribution is 5.86. The zero-order chi connectivity index (χ0) is 24.3. The maximum Gasteiger partial charge on any atom is 0.336 e. The van der Waals surface area contributed by atoms with Crippen LogP contribution < -0.4 is 5.32 Å². The lowest BCUT2D eigenvalue weighted by molar-refractivity contribution is -0.393. The van der Waals surface area contributed by atoms with Crippen molar-refractivity contribution in [3.8, 4) is 0 Å². The van der Waals surface area contributed by atoms with E-state index in [0.29, 0.717) is 22.5 Å². The first kappa shape index (κ1) is 23.1. The molecule has 0 fully saturated rings. The van der Waals surface area contributed by atoms with Crippen molar-refractivity contribution in [2.45, 2.75) is 24.5 Å². The van der Waals surface area contributed by atoms with Gasteiger partial charge in [0.15, 0.2) is 5.60 Å². The fourth-order valence-electron chi connectivity index (χ4n) is 3.46. The van der Waals surface area contributed by atoms with Gasteiger partial charge >= 0.3 is 11.9 Å². The molecule has 172 valence electrons. The van der Waals surface area contributed by atoms with Gasteiger partial charge in [-0.05, 0) is 17.7 Å². The van der Waals surface area contributed by atoms with Crippen LogP contribution in [0.4, 0.5) is 17.1 Å². The summed E-state index contributed by atoms with van der Waals surface area (Å²) in [6, 6.07) is 7.69. The Bertz CT molecular complexity index is 1260. The van der Waals surface area contributed by atoms with Crippen LogP contribution in [0.25, 0.3) is 10.9 Å². The summed E-state index contributed by atoms with van der Waals surface area (Å²) in [7, 11) is 0. The molecule has 0 spiro atoms. The lowest BCUT2D eigenvalue weighted by atomic mass is 9.87. The third-order valence-corrected chi connectivity index (χ3v) is 5.11. The smallest absolute Gasteiger partial charge is 0.336 e. The standard InChI is InChI=1S/C20H18N4O9/c25-18(26)16(22-15-6-5-12(23(30)31)7-17(15)24(32)33)9-20(29,19(27)28)8-11-10-21-14-4-2-1-3-13(11)14/h1-7,10,16,21-22,29H,8-9H2,(H,25,26)(H,27,28)/t16-,20-/m0/s1. The summed E-state index contributed by atoms with van der Waals surface area (Å²) in [5.74, 6) is -3.26. The summed E-state index contributed by atoms with van der Waals surface area (Å²) in [6.07, 6.45) is 0.203. The number of aliphatic hydroxyl groups is 1. The summed E-state index contributed by atoms with van der Waals surface area (Å²) in [4.78, 5) is 47.1. The van der Waals surface area contributed by atoms with Crippen LogP contribution in [-0.2, 0) is 16.0 Å². The molecule has 3 rings (SSSR count). The van der Waals surface area contributed by atoms with Crippen molar-refractivity contribution < 1.29 is 34.8 Å². The number of nitro groups is 2. The van der Waals surface area contributed by atoms with Gasteiger partial charge in [-0.2, -0.15) is 0 Å². The van der Waals surface area contributed by atoms with Crippen LogP contribution in [0, 0.1) is 20.2 Å². The van der Waals surface area contributed by atoms with E-state index in [4.69, 9.17) is 0 Å². The van der Waals surface area contributed by atoms with E-state index in [9.17, 15) is 45.1 Å². The average molecular weight is 458 g/mol. The van der Waals surface area contributed by atoms with Crippen LogP contribution in [-0.4, -0.2) is 53.7 Å². The van der Waals surface area contributed by atoms with Crippen LogP contribution >= 0.6 is 0 Å². The molecule has 2 aromatic carbocycles. The van der Waals surface area contributed by atoms with Gasteiger partial charge in [-0.15, -0.1) is 0 Å². The number of rotatable bonds is 10. The molecule has 0 aliphatic rings. The topological polar surface area (TPSA) is 209 Å². The predicted octanol–water partition coefficient (Wildman–Crippen LogP) is 2.30. The van der Waals surface area contributed by atoms with Gasteiger partial charge in [0.1, 0.15) is 11.7 Å². The molecular weight excluding hydrogens is 440 g/mol. The Morgan fingerprint density at radius 2 is 1.79 bits per heavy atom. The lowest BCUT2D eigenvalue weighted by Crippen LogP contribution is -2.47. The first-order valence-electron chi connectivity index (χ1n) is 9.45. The summed E-state index contributed by atoms with van der Waals surface area (Å²) in [5.41, 5.74) is -3.16. The molecule has 5 N–H and O–H groups in total. The number of H-pyrrole nitrogens is 1. The van der Waals surface area contributed by atoms with Crippen LogP contribution in [0.5, 0.6) is 0 Å². The molecule has 2 atom stereocenters. The molecule has 13 nitrogen and oxygen atoms in total. The number of carboxylic acid groups (broad SMARTS) is 2. The molecule has 0 saturated carbocycles. The molecule has 0 bridgehead atoms. The van der Waals surface area contributed by atoms with Crippen molar-refractivity contribution in [1.29, 1.82) is 0 Å². The highest BCUT2D eigenvalue weighted by atomic mass is 16.6. The normalized spacial score (nSPS) is 13.7. The number of para-hydroxylation sites is 1. The number of anilines is 1. The van der Waals surface area contributed by atoms with Crippen LogP contribution in [0.15, 0.2) is 48.7 Å². The molecule has 13 heteroatoms. The molecule has 0 aliphatic heterocycles. The first-order valence-corrected chi connectivity index (χ1v) is 9.45. The Kier molecular flexibility index (Phi) is 6.26. The lowest BCUT2D eigenvalue weighted by Gasteiger charge is -2.27. The zero-order valence-electron chi connectivity index (χ0n) is 16.8. The number of non-ortho nitro benzene ring substituents is 1. The van der Waals surface area contributed by atoms with E-state index < -0.39 is 57.6 Å². The van der Waals surface area contributed by atoms with E-state index in [-0.39, 0.29) is 5.69 Å². The van der Waals surface area contributed by atoms with Crippen molar-refractivity contribution in [2.24, 2.45) is 0 Å². The molecule has 0 radical (unpaired) electrons. The number of carbonyl (C=O) groups is 2. The SMILES string of the molecule is O=C(O)[C@H](C[C@@](O)(Cc1c[nH]c2ccccc12)C(=O)O)Nc1ccc([N+](=O)[O-])cc1[N+](=O)[O-]. The van der Waals surface area contributed by atoms with E-state index >= 15 is 0 Å². The quantitative estimate of drug-likeness (QED) is 0.221. The molecular formula is C20H18N4O9. The number of aliphatic carboxylic acids is 2. The number of hydrogen-bond donors (Lipinski definition) is 5. The number of aromatic nitrogens is 1. The number of hydrogen-bond acceptors (Lipinski definition) is 8. The molecule has 3 aromatic rings. The Morgan fingerprint density at radius 3 is 2.39 bits per heavy atom. The first-order chi connectivity index (χ1) is 15.5. The third kappa shape index (κ3) is 4.88. The number of nitrogens with one attached hydrogen (secondary N) is 2. The maximum absolute atomic E-state index is 11.9. The van der Waals surface area contributed by atoms with Gasteiger partial charge in [-0.3, -0.25) is 20.2 Å². The van der Waals surface area contributed by atoms with E-state index in [1.54, 1.807) is 24.3 Å². The molecule has 1 heterocycles. The minimum Gasteiger partial charge on any atom is -0.480 e. The highest BCUT2D eigenvalue weighted by Crippen LogP contribution is 2.32. The van der Waals surface area contributed by atoms with Gasteiger partial charge in [-0.1, -0.05) is 18.2 Å². The van der Waals surface area contributed by atoms with Crippen molar-refractivity contribution >= 4 is 39.9 Å². The van der Waals surface area contributed by atoms with E-state index in [0.717, 1.165) is 12.1 Å². The Labute approximate surface area is 184 Å². The number of nitro benzene ring substituents is 2. The Hall–Kier alpha value is -4.52. The van der Waals surface area contributed by atoms with Gasteiger partial charge in [0.05, 0.1) is 15.9 Å². The molecule has 0 amide bonds. The van der Waals surface area contributed by atoms with Crippen LogP contribution in [0.1, 0.15) is 12.0 Å². The number of fused-ring (bicyclic) bond motifs is 1. The summed E-state index contributed by atoms with van der Waals surface area (Å²) in [5, 5.41) is 55.3. The monoisotopic (exact) mass is 458 g/mol. The molecule has 0 aliphatic carbocycles. The number of aromatic amines is 1. The maximum atomic E-state index is 11.9. The van der Waals surface area contributed by atoms with Crippen molar-refractivity contribution in [1.82, 2.24) is 4.98 Å². The van der Waals surface area contributed by atoms with E-state index in [1.165, 1.54) is 6.20 Å².